The maximum Gasteiger partial charge on any atom is 0.244 e. The molecule has 0 aliphatic rings. The maximum atomic E-state index is 13.6. The van der Waals surface area contributed by atoms with E-state index < -0.39 is 28.5 Å². The normalized spacial score (nSPS) is 12.3. The first-order valence-corrected chi connectivity index (χ1v) is 13.9. The van der Waals surface area contributed by atoms with E-state index in [9.17, 15) is 18.0 Å². The highest BCUT2D eigenvalue weighted by Crippen LogP contribution is 2.25. The van der Waals surface area contributed by atoms with Gasteiger partial charge in [0.25, 0.3) is 0 Å². The van der Waals surface area contributed by atoms with Crippen molar-refractivity contribution < 1.29 is 18.0 Å². The number of sulfonamides is 1. The Hall–Kier alpha value is -2.58. The van der Waals surface area contributed by atoms with E-state index in [1.54, 1.807) is 12.1 Å². The van der Waals surface area contributed by atoms with E-state index in [1.807, 2.05) is 58.9 Å². The highest BCUT2D eigenvalue weighted by atomic mass is 35.5. The van der Waals surface area contributed by atoms with Crippen LogP contribution in [0.2, 0.25) is 5.02 Å². The molecule has 7 nitrogen and oxygen atoms in total. The molecule has 0 aliphatic carbocycles. The van der Waals surface area contributed by atoms with Crippen molar-refractivity contribution in [3.8, 4) is 0 Å². The zero-order valence-corrected chi connectivity index (χ0v) is 22.9. The van der Waals surface area contributed by atoms with Crippen molar-refractivity contribution in [2.24, 2.45) is 5.92 Å². The molecule has 1 N–H and O–H groups in total. The summed E-state index contributed by atoms with van der Waals surface area (Å²) in [5, 5.41) is 3.31. The highest BCUT2D eigenvalue weighted by molar-refractivity contribution is 7.92. The molecule has 9 heteroatoms. The van der Waals surface area contributed by atoms with Gasteiger partial charge in [0.05, 0.1) is 11.9 Å². The second kappa shape index (κ2) is 12.4. The third kappa shape index (κ3) is 8.25. The first-order chi connectivity index (χ1) is 16.3. The Bertz CT molecular complexity index is 1130. The Kier molecular flexibility index (Phi) is 10.2. The summed E-state index contributed by atoms with van der Waals surface area (Å²) in [4.78, 5) is 28.2. The largest absolute Gasteiger partial charge is 0.354 e. The lowest BCUT2D eigenvalue weighted by Crippen LogP contribution is -2.52. The number of aryl methyl sites for hydroxylation is 2. The Balaban J connectivity index is 2.43. The Labute approximate surface area is 214 Å². The van der Waals surface area contributed by atoms with Crippen LogP contribution in [0.3, 0.4) is 0 Å². The second-order valence-electron chi connectivity index (χ2n) is 9.27. The van der Waals surface area contributed by atoms with Crippen LogP contribution in [-0.4, -0.2) is 50.5 Å². The minimum atomic E-state index is -3.80. The van der Waals surface area contributed by atoms with Crippen LogP contribution in [0.15, 0.2) is 42.5 Å². The fourth-order valence-corrected chi connectivity index (χ4v) is 4.60. The molecule has 0 unspecified atom stereocenters. The van der Waals surface area contributed by atoms with Gasteiger partial charge in [0.2, 0.25) is 21.8 Å². The van der Waals surface area contributed by atoms with Gasteiger partial charge >= 0.3 is 0 Å². The molecule has 192 valence electrons. The van der Waals surface area contributed by atoms with Crippen molar-refractivity contribution in [3.05, 3.63) is 64.2 Å². The van der Waals surface area contributed by atoms with Crippen molar-refractivity contribution in [1.82, 2.24) is 10.2 Å². The van der Waals surface area contributed by atoms with Gasteiger partial charge in [-0.05, 0) is 49.4 Å². The van der Waals surface area contributed by atoms with E-state index in [-0.39, 0.29) is 18.4 Å². The lowest BCUT2D eigenvalue weighted by Gasteiger charge is -2.33. The second-order valence-corrected chi connectivity index (χ2v) is 11.6. The summed E-state index contributed by atoms with van der Waals surface area (Å²) in [5.74, 6) is -0.477. The van der Waals surface area contributed by atoms with Crippen LogP contribution in [-0.2, 0) is 26.2 Å². The van der Waals surface area contributed by atoms with Crippen LogP contribution in [0, 0.1) is 19.8 Å². The summed E-state index contributed by atoms with van der Waals surface area (Å²) in [6.07, 6.45) is 1.43. The fraction of sp³-hybridized carbons (Fsp3) is 0.462. The fourth-order valence-electron chi connectivity index (χ4n) is 3.58. The summed E-state index contributed by atoms with van der Waals surface area (Å²) in [6, 6.07) is 11.8. The Morgan fingerprint density at radius 1 is 1.06 bits per heavy atom. The standard InChI is InChI=1S/C26H36ClN3O4S/c1-7-24(26(32)28-15-18(2)3)29(16-21-11-8-19(4)9-12-21)25(31)17-30(35(6,33)34)22-13-10-20(5)23(27)14-22/h8-14,18,24H,7,15-17H2,1-6H3,(H,28,32)/t24-/m1/s1. The van der Waals surface area contributed by atoms with Crippen molar-refractivity contribution in [2.45, 2.75) is 53.6 Å². The van der Waals surface area contributed by atoms with Gasteiger partial charge in [0.15, 0.2) is 0 Å². The summed E-state index contributed by atoms with van der Waals surface area (Å²) >= 11 is 6.23. The smallest absolute Gasteiger partial charge is 0.244 e. The zero-order valence-electron chi connectivity index (χ0n) is 21.3. The Morgan fingerprint density at radius 2 is 1.69 bits per heavy atom. The zero-order chi connectivity index (χ0) is 26.3. The SMILES string of the molecule is CC[C@H](C(=O)NCC(C)C)N(Cc1ccc(C)cc1)C(=O)CN(c1ccc(C)c(Cl)c1)S(C)(=O)=O. The third-order valence-corrected chi connectivity index (χ3v) is 7.21. The van der Waals surface area contributed by atoms with Gasteiger partial charge in [0, 0.05) is 18.1 Å². The summed E-state index contributed by atoms with van der Waals surface area (Å²) in [6.45, 7) is 9.82. The van der Waals surface area contributed by atoms with Crippen LogP contribution < -0.4 is 9.62 Å². The molecule has 0 aliphatic heterocycles. The third-order valence-electron chi connectivity index (χ3n) is 5.67. The predicted octanol–water partition coefficient (Wildman–Crippen LogP) is 4.30. The number of carbonyl (C=O) groups excluding carboxylic acids is 2. The van der Waals surface area contributed by atoms with E-state index in [4.69, 9.17) is 11.6 Å². The molecular formula is C26H36ClN3O4S. The van der Waals surface area contributed by atoms with E-state index in [2.05, 4.69) is 5.32 Å². The number of nitrogens with zero attached hydrogens (tertiary/aromatic N) is 2. The number of hydrogen-bond acceptors (Lipinski definition) is 4. The summed E-state index contributed by atoms with van der Waals surface area (Å²) in [5.41, 5.74) is 3.02. The molecule has 0 fully saturated rings. The van der Waals surface area contributed by atoms with Gasteiger partial charge in [-0.25, -0.2) is 8.42 Å². The molecule has 0 aromatic heterocycles. The molecule has 35 heavy (non-hydrogen) atoms. The minimum Gasteiger partial charge on any atom is -0.354 e. The predicted molar refractivity (Wildman–Crippen MR) is 142 cm³/mol. The average molecular weight is 522 g/mol. The lowest BCUT2D eigenvalue weighted by molar-refractivity contribution is -0.140. The van der Waals surface area contributed by atoms with Gasteiger partial charge in [-0.2, -0.15) is 0 Å². The molecule has 0 saturated carbocycles. The summed E-state index contributed by atoms with van der Waals surface area (Å²) < 4.78 is 26.4. The molecule has 0 saturated heterocycles. The molecule has 0 radical (unpaired) electrons. The van der Waals surface area contributed by atoms with Crippen molar-refractivity contribution in [3.63, 3.8) is 0 Å². The molecule has 2 aromatic carbocycles. The molecule has 0 bridgehead atoms. The van der Waals surface area contributed by atoms with Crippen LogP contribution in [0.1, 0.15) is 43.9 Å². The molecule has 2 aromatic rings. The van der Waals surface area contributed by atoms with Crippen LogP contribution in [0.5, 0.6) is 0 Å². The van der Waals surface area contributed by atoms with Gasteiger partial charge in [-0.1, -0.05) is 68.3 Å². The van der Waals surface area contributed by atoms with Crippen LogP contribution >= 0.6 is 11.6 Å². The first-order valence-electron chi connectivity index (χ1n) is 11.7. The van der Waals surface area contributed by atoms with E-state index in [0.29, 0.717) is 23.7 Å². The minimum absolute atomic E-state index is 0.180. The van der Waals surface area contributed by atoms with Crippen LogP contribution in [0.25, 0.3) is 0 Å². The van der Waals surface area contributed by atoms with E-state index >= 15 is 0 Å². The molecule has 2 amide bonds. The van der Waals surface area contributed by atoms with Gasteiger partial charge in [-0.3, -0.25) is 13.9 Å². The van der Waals surface area contributed by atoms with Crippen molar-refractivity contribution in [2.75, 3.05) is 23.7 Å². The quantitative estimate of drug-likeness (QED) is 0.477. The molecule has 0 spiro atoms. The topological polar surface area (TPSA) is 86.8 Å². The maximum absolute atomic E-state index is 13.6. The van der Waals surface area contributed by atoms with Gasteiger partial charge < -0.3 is 10.2 Å². The number of amides is 2. The molecule has 0 heterocycles. The summed E-state index contributed by atoms with van der Waals surface area (Å²) in [7, 11) is -3.80. The van der Waals surface area contributed by atoms with E-state index in [1.165, 1.54) is 11.0 Å². The van der Waals surface area contributed by atoms with Crippen LogP contribution in [0.4, 0.5) is 5.69 Å². The number of halogens is 1. The number of carbonyl (C=O) groups is 2. The number of hydrogen-bond donors (Lipinski definition) is 1. The van der Waals surface area contributed by atoms with Crippen molar-refractivity contribution in [1.29, 1.82) is 0 Å². The monoisotopic (exact) mass is 521 g/mol. The number of anilines is 1. The van der Waals surface area contributed by atoms with Gasteiger partial charge in [0.1, 0.15) is 12.6 Å². The lowest BCUT2D eigenvalue weighted by atomic mass is 10.1. The van der Waals surface area contributed by atoms with E-state index in [0.717, 1.165) is 27.3 Å². The molecule has 1 atom stereocenters. The highest BCUT2D eigenvalue weighted by Gasteiger charge is 2.31. The van der Waals surface area contributed by atoms with Crippen molar-refractivity contribution >= 4 is 39.1 Å². The molecule has 2 rings (SSSR count). The number of benzene rings is 2. The average Bonchev–Trinajstić information content (AvgIpc) is 2.78. The Morgan fingerprint density at radius 3 is 2.20 bits per heavy atom. The van der Waals surface area contributed by atoms with Gasteiger partial charge in [-0.15, -0.1) is 0 Å². The molecular weight excluding hydrogens is 486 g/mol. The number of rotatable bonds is 11. The first kappa shape index (κ1) is 28.7. The number of nitrogens with one attached hydrogen (secondary N) is 1.